The monoisotopic (exact) mass is 463 g/mol. The maximum Gasteiger partial charge on any atom is 0.410 e. The van der Waals surface area contributed by atoms with Gasteiger partial charge in [-0.15, -0.1) is 0 Å². The van der Waals surface area contributed by atoms with E-state index in [9.17, 15) is 14.4 Å². The number of ether oxygens (including phenoxy) is 3. The summed E-state index contributed by atoms with van der Waals surface area (Å²) in [5.74, 6) is 0.985. The van der Waals surface area contributed by atoms with E-state index in [0.717, 1.165) is 19.6 Å². The number of Topliss-reactive ketones (excluding diaryl/α,β-unsaturated/α-hetero) is 1. The third kappa shape index (κ3) is 9.29. The van der Waals surface area contributed by atoms with Crippen molar-refractivity contribution in [3.05, 3.63) is 23.8 Å². The molecule has 2 rings (SSSR count). The summed E-state index contributed by atoms with van der Waals surface area (Å²) in [4.78, 5) is 39.6. The van der Waals surface area contributed by atoms with E-state index in [1.807, 2.05) is 20.8 Å². The van der Waals surface area contributed by atoms with Crippen LogP contribution in [-0.4, -0.2) is 86.2 Å². The number of rotatable bonds is 10. The molecule has 2 amide bonds. The molecule has 184 valence electrons. The van der Waals surface area contributed by atoms with Crippen LogP contribution in [0.25, 0.3) is 0 Å². The molecule has 0 aliphatic carbocycles. The normalized spacial score (nSPS) is 14.5. The number of benzene rings is 1. The van der Waals surface area contributed by atoms with Gasteiger partial charge in [-0.3, -0.25) is 14.5 Å². The molecule has 1 aliphatic heterocycles. The lowest BCUT2D eigenvalue weighted by Gasteiger charge is -2.35. The van der Waals surface area contributed by atoms with Crippen molar-refractivity contribution in [2.45, 2.75) is 46.1 Å². The van der Waals surface area contributed by atoms with Crippen molar-refractivity contribution in [3.8, 4) is 11.5 Å². The van der Waals surface area contributed by atoms with E-state index >= 15 is 0 Å². The average molecular weight is 464 g/mol. The number of amides is 2. The van der Waals surface area contributed by atoms with Gasteiger partial charge in [0.25, 0.3) is 0 Å². The van der Waals surface area contributed by atoms with Gasteiger partial charge >= 0.3 is 6.09 Å². The van der Waals surface area contributed by atoms with E-state index in [4.69, 9.17) is 14.2 Å². The molecule has 33 heavy (non-hydrogen) atoms. The number of ketones is 1. The molecule has 1 heterocycles. The predicted molar refractivity (Wildman–Crippen MR) is 125 cm³/mol. The molecule has 0 spiro atoms. The SMILES string of the molecule is COc1cc(C(C)=O)ccc1OCCCC(=O)NCCN1CCN(C(=O)OC(C)(C)C)CC1. The standard InChI is InChI=1S/C24H37N3O6/c1-18(28)19-8-9-20(21(17-19)31-5)32-16-6-7-22(29)25-10-11-26-12-14-27(15-13-26)23(30)33-24(2,3)4/h8-9,17H,6-7,10-16H2,1-5H3,(H,25,29). The molecule has 0 unspecified atom stereocenters. The van der Waals surface area contributed by atoms with Gasteiger partial charge in [-0.2, -0.15) is 0 Å². The van der Waals surface area contributed by atoms with Gasteiger partial charge in [0, 0.05) is 51.3 Å². The van der Waals surface area contributed by atoms with Crippen molar-refractivity contribution >= 4 is 17.8 Å². The molecular weight excluding hydrogens is 426 g/mol. The Morgan fingerprint density at radius 3 is 2.36 bits per heavy atom. The van der Waals surface area contributed by atoms with Gasteiger partial charge in [-0.25, -0.2) is 4.79 Å². The van der Waals surface area contributed by atoms with E-state index < -0.39 is 5.60 Å². The second-order valence-electron chi connectivity index (χ2n) is 9.03. The van der Waals surface area contributed by atoms with Gasteiger partial charge in [-0.05, 0) is 52.3 Å². The first-order valence-electron chi connectivity index (χ1n) is 11.4. The summed E-state index contributed by atoms with van der Waals surface area (Å²) in [6.07, 6.45) is 0.656. The van der Waals surface area contributed by atoms with Crippen LogP contribution in [0.3, 0.4) is 0 Å². The molecule has 9 nitrogen and oxygen atoms in total. The van der Waals surface area contributed by atoms with Crippen LogP contribution < -0.4 is 14.8 Å². The molecule has 1 saturated heterocycles. The van der Waals surface area contributed by atoms with Gasteiger partial charge in [0.1, 0.15) is 5.60 Å². The Bertz CT molecular complexity index is 813. The number of hydrogen-bond donors (Lipinski definition) is 1. The molecule has 1 aliphatic rings. The van der Waals surface area contributed by atoms with E-state index in [2.05, 4.69) is 10.2 Å². The number of nitrogens with zero attached hydrogens (tertiary/aromatic N) is 2. The van der Waals surface area contributed by atoms with Gasteiger partial charge in [0.05, 0.1) is 13.7 Å². The third-order valence-corrected chi connectivity index (χ3v) is 5.15. The highest BCUT2D eigenvalue weighted by Gasteiger charge is 2.25. The van der Waals surface area contributed by atoms with Crippen LogP contribution in [0.5, 0.6) is 11.5 Å². The number of hydrogen-bond acceptors (Lipinski definition) is 7. The number of carbonyl (C=O) groups excluding carboxylic acids is 3. The molecule has 1 fully saturated rings. The molecular formula is C24H37N3O6. The van der Waals surface area contributed by atoms with Crippen LogP contribution in [0, 0.1) is 0 Å². The summed E-state index contributed by atoms with van der Waals surface area (Å²) >= 11 is 0. The van der Waals surface area contributed by atoms with Gasteiger partial charge in [-0.1, -0.05) is 0 Å². The number of methoxy groups -OCH3 is 1. The summed E-state index contributed by atoms with van der Waals surface area (Å²) in [6, 6.07) is 5.05. The fourth-order valence-corrected chi connectivity index (χ4v) is 3.34. The van der Waals surface area contributed by atoms with Gasteiger partial charge < -0.3 is 24.4 Å². The quantitative estimate of drug-likeness (QED) is 0.421. The minimum atomic E-state index is -0.490. The smallest absolute Gasteiger partial charge is 0.410 e. The highest BCUT2D eigenvalue weighted by Crippen LogP contribution is 2.28. The van der Waals surface area contributed by atoms with Crippen molar-refractivity contribution in [3.63, 3.8) is 0 Å². The highest BCUT2D eigenvalue weighted by molar-refractivity contribution is 5.94. The summed E-state index contributed by atoms with van der Waals surface area (Å²) < 4.78 is 16.4. The van der Waals surface area contributed by atoms with Crippen LogP contribution in [-0.2, 0) is 9.53 Å². The van der Waals surface area contributed by atoms with Crippen molar-refractivity contribution in [2.24, 2.45) is 0 Å². The zero-order valence-corrected chi connectivity index (χ0v) is 20.4. The molecule has 0 bridgehead atoms. The number of carbonyl (C=O) groups is 3. The molecule has 0 atom stereocenters. The maximum atomic E-state index is 12.1. The first kappa shape index (κ1) is 26.4. The molecule has 9 heteroatoms. The number of nitrogens with one attached hydrogen (secondary N) is 1. The minimum Gasteiger partial charge on any atom is -0.493 e. The average Bonchev–Trinajstić information content (AvgIpc) is 2.76. The molecule has 0 radical (unpaired) electrons. The molecule has 1 N–H and O–H groups in total. The maximum absolute atomic E-state index is 12.1. The lowest BCUT2D eigenvalue weighted by atomic mass is 10.1. The van der Waals surface area contributed by atoms with E-state index in [-0.39, 0.29) is 17.8 Å². The third-order valence-electron chi connectivity index (χ3n) is 5.15. The predicted octanol–water partition coefficient (Wildman–Crippen LogP) is 2.73. The van der Waals surface area contributed by atoms with E-state index in [1.165, 1.54) is 14.0 Å². The summed E-state index contributed by atoms with van der Waals surface area (Å²) in [6.45, 7) is 11.5. The van der Waals surface area contributed by atoms with E-state index in [0.29, 0.717) is 56.1 Å². The second-order valence-corrected chi connectivity index (χ2v) is 9.03. The zero-order chi connectivity index (χ0) is 24.4. The van der Waals surface area contributed by atoms with Crippen LogP contribution in [0.2, 0.25) is 0 Å². The van der Waals surface area contributed by atoms with Gasteiger partial charge in [0.15, 0.2) is 17.3 Å². The number of piperazine rings is 1. The lowest BCUT2D eigenvalue weighted by Crippen LogP contribution is -2.51. The van der Waals surface area contributed by atoms with Crippen molar-refractivity contribution < 1.29 is 28.6 Å². The first-order chi connectivity index (χ1) is 15.6. The van der Waals surface area contributed by atoms with Gasteiger partial charge in [0.2, 0.25) is 5.91 Å². The Balaban J connectivity index is 1.59. The second kappa shape index (κ2) is 12.4. The summed E-state index contributed by atoms with van der Waals surface area (Å²) in [5.41, 5.74) is 0.0697. The summed E-state index contributed by atoms with van der Waals surface area (Å²) in [5, 5.41) is 2.93. The van der Waals surface area contributed by atoms with Crippen molar-refractivity contribution in [1.29, 1.82) is 0 Å². The highest BCUT2D eigenvalue weighted by atomic mass is 16.6. The molecule has 0 aromatic heterocycles. The first-order valence-corrected chi connectivity index (χ1v) is 11.4. The Morgan fingerprint density at radius 2 is 1.76 bits per heavy atom. The topological polar surface area (TPSA) is 97.4 Å². The van der Waals surface area contributed by atoms with Crippen molar-refractivity contribution in [2.75, 3.05) is 53.0 Å². The molecule has 0 saturated carbocycles. The molecule has 1 aromatic rings. The summed E-state index contributed by atoms with van der Waals surface area (Å²) in [7, 11) is 1.52. The molecule has 1 aromatic carbocycles. The van der Waals surface area contributed by atoms with Crippen LogP contribution in [0.15, 0.2) is 18.2 Å². The fourth-order valence-electron chi connectivity index (χ4n) is 3.34. The lowest BCUT2D eigenvalue weighted by molar-refractivity contribution is -0.121. The Morgan fingerprint density at radius 1 is 1.06 bits per heavy atom. The Hall–Kier alpha value is -2.81. The largest absolute Gasteiger partial charge is 0.493 e. The van der Waals surface area contributed by atoms with Crippen molar-refractivity contribution in [1.82, 2.24) is 15.1 Å². The van der Waals surface area contributed by atoms with E-state index in [1.54, 1.807) is 23.1 Å². The van der Waals surface area contributed by atoms with Crippen LogP contribution in [0.4, 0.5) is 4.79 Å². The Kier molecular flexibility index (Phi) is 9.96. The Labute approximate surface area is 196 Å². The zero-order valence-electron chi connectivity index (χ0n) is 20.4. The fraction of sp³-hybridized carbons (Fsp3) is 0.625. The van der Waals surface area contributed by atoms with Crippen LogP contribution >= 0.6 is 0 Å². The minimum absolute atomic E-state index is 0.0233. The van der Waals surface area contributed by atoms with Crippen LogP contribution in [0.1, 0.15) is 50.9 Å².